The lowest BCUT2D eigenvalue weighted by Crippen LogP contribution is -2.43. The van der Waals surface area contributed by atoms with Crippen LogP contribution in [-0.2, 0) is 14.9 Å². The number of anilines is 2. The quantitative estimate of drug-likeness (QED) is 0.464. The summed E-state index contributed by atoms with van der Waals surface area (Å²) >= 11 is 0. The molecule has 2 aromatic rings. The Morgan fingerprint density at radius 2 is 2.05 bits per heavy atom. The zero-order valence-corrected chi connectivity index (χ0v) is 23.7. The van der Waals surface area contributed by atoms with Gasteiger partial charge in [-0.05, 0) is 75.5 Å². The molecule has 3 heterocycles. The molecular formula is C31H41N5O3. The van der Waals surface area contributed by atoms with E-state index in [-0.39, 0.29) is 23.3 Å². The predicted octanol–water partition coefficient (Wildman–Crippen LogP) is 4.31. The molecule has 6 rings (SSSR count). The number of fused-ring (bicyclic) bond motifs is 3. The van der Waals surface area contributed by atoms with Gasteiger partial charge in [-0.1, -0.05) is 20.3 Å². The van der Waals surface area contributed by atoms with Crippen LogP contribution in [0.4, 0.5) is 11.4 Å². The second-order valence-corrected chi connectivity index (χ2v) is 11.6. The third kappa shape index (κ3) is 4.28. The van der Waals surface area contributed by atoms with Crippen LogP contribution in [0.15, 0.2) is 18.2 Å². The molecule has 1 aromatic carbocycles. The van der Waals surface area contributed by atoms with E-state index in [2.05, 4.69) is 58.3 Å². The first-order valence-corrected chi connectivity index (χ1v) is 14.6. The van der Waals surface area contributed by atoms with Gasteiger partial charge in [0.2, 0.25) is 0 Å². The van der Waals surface area contributed by atoms with Crippen molar-refractivity contribution in [1.29, 1.82) is 0 Å². The smallest absolute Gasteiger partial charge is 0.256 e. The number of allylic oxidation sites excluding steroid dienone is 1. The van der Waals surface area contributed by atoms with Crippen molar-refractivity contribution in [3.05, 3.63) is 46.3 Å². The Morgan fingerprint density at radius 3 is 2.74 bits per heavy atom. The predicted molar refractivity (Wildman–Crippen MR) is 155 cm³/mol. The van der Waals surface area contributed by atoms with Gasteiger partial charge in [0.25, 0.3) is 11.8 Å². The minimum absolute atomic E-state index is 0.00505. The number of H-pyrrole nitrogens is 1. The molecule has 3 N–H and O–H groups in total. The highest BCUT2D eigenvalue weighted by Crippen LogP contribution is 2.60. The van der Waals surface area contributed by atoms with Gasteiger partial charge >= 0.3 is 0 Å². The van der Waals surface area contributed by atoms with Gasteiger partial charge in [0.05, 0.1) is 24.4 Å². The average Bonchev–Trinajstić information content (AvgIpc) is 3.53. The number of morpholine rings is 1. The first kappa shape index (κ1) is 26.1. The van der Waals surface area contributed by atoms with Gasteiger partial charge in [0, 0.05) is 59.4 Å². The van der Waals surface area contributed by atoms with Crippen molar-refractivity contribution in [3.8, 4) is 0 Å². The number of nitrogens with zero attached hydrogens (tertiary/aromatic N) is 2. The van der Waals surface area contributed by atoms with E-state index in [4.69, 9.17) is 4.74 Å². The largest absolute Gasteiger partial charge is 0.377 e. The molecule has 1 aromatic heterocycles. The van der Waals surface area contributed by atoms with Crippen molar-refractivity contribution in [1.82, 2.24) is 15.2 Å². The molecule has 1 saturated heterocycles. The molecule has 2 amide bonds. The lowest BCUT2D eigenvalue weighted by molar-refractivity contribution is -0.110. The fourth-order valence-electron chi connectivity index (χ4n) is 7.12. The van der Waals surface area contributed by atoms with E-state index < -0.39 is 0 Å². The number of rotatable bonds is 7. The zero-order chi connectivity index (χ0) is 27.3. The van der Waals surface area contributed by atoms with E-state index in [1.54, 1.807) is 0 Å². The zero-order valence-electron chi connectivity index (χ0n) is 23.7. The van der Waals surface area contributed by atoms with Crippen molar-refractivity contribution in [2.24, 2.45) is 0 Å². The molecule has 0 unspecified atom stereocenters. The molecule has 2 fully saturated rings. The first-order valence-electron chi connectivity index (χ1n) is 14.6. The number of aryl methyl sites for hydroxylation is 1. The SMILES string of the molecule is CCN(CC)CCNC(=O)c1c(C)[nH]c2c1C1(CCC1)C/C2=C1/C(=O)Nc2ccc(N3CCOC[C@H]3C)cc21. The third-order valence-corrected chi connectivity index (χ3v) is 9.43. The number of carbonyl (C=O) groups excluding carboxylic acids is 2. The molecule has 1 atom stereocenters. The minimum Gasteiger partial charge on any atom is -0.377 e. The Labute approximate surface area is 231 Å². The van der Waals surface area contributed by atoms with Gasteiger partial charge in [0.15, 0.2) is 0 Å². The number of benzene rings is 1. The number of nitrogens with one attached hydrogen (secondary N) is 3. The fourth-order valence-corrected chi connectivity index (χ4v) is 7.12. The van der Waals surface area contributed by atoms with Crippen LogP contribution in [0.2, 0.25) is 0 Å². The molecule has 0 bridgehead atoms. The van der Waals surface area contributed by atoms with Crippen LogP contribution in [0, 0.1) is 6.92 Å². The van der Waals surface area contributed by atoms with Crippen LogP contribution in [0.3, 0.4) is 0 Å². The van der Waals surface area contributed by atoms with Crippen LogP contribution in [0.25, 0.3) is 11.1 Å². The van der Waals surface area contributed by atoms with Gasteiger partial charge in [0.1, 0.15) is 0 Å². The average molecular weight is 532 g/mol. The van der Waals surface area contributed by atoms with Crippen LogP contribution >= 0.6 is 0 Å². The number of amides is 2. The van der Waals surface area contributed by atoms with Crippen LogP contribution in [0.1, 0.15) is 79.3 Å². The summed E-state index contributed by atoms with van der Waals surface area (Å²) in [5.74, 6) is -0.0541. The molecule has 4 aliphatic rings. The molecule has 0 radical (unpaired) electrons. The van der Waals surface area contributed by atoms with Gasteiger partial charge in [-0.2, -0.15) is 0 Å². The maximum Gasteiger partial charge on any atom is 0.256 e. The summed E-state index contributed by atoms with van der Waals surface area (Å²) in [7, 11) is 0. The second-order valence-electron chi connectivity index (χ2n) is 11.6. The third-order valence-electron chi connectivity index (χ3n) is 9.43. The normalized spacial score (nSPS) is 23.2. The summed E-state index contributed by atoms with van der Waals surface area (Å²) in [5.41, 5.74) is 8.49. The topological polar surface area (TPSA) is 89.7 Å². The van der Waals surface area contributed by atoms with E-state index in [0.717, 1.165) is 102 Å². The summed E-state index contributed by atoms with van der Waals surface area (Å²) < 4.78 is 5.65. The number of aromatic amines is 1. The van der Waals surface area contributed by atoms with Crippen LogP contribution in [-0.4, -0.2) is 73.7 Å². The van der Waals surface area contributed by atoms with E-state index in [1.165, 1.54) is 0 Å². The molecule has 2 aliphatic carbocycles. The maximum absolute atomic E-state index is 13.6. The molecule has 1 spiro atoms. The Bertz CT molecular complexity index is 1330. The van der Waals surface area contributed by atoms with Crippen molar-refractivity contribution >= 4 is 34.3 Å². The number of hydrogen-bond donors (Lipinski definition) is 3. The highest BCUT2D eigenvalue weighted by molar-refractivity contribution is 6.37. The summed E-state index contributed by atoms with van der Waals surface area (Å²) in [6, 6.07) is 6.58. The molecular weight excluding hydrogens is 490 g/mol. The van der Waals surface area contributed by atoms with Crippen molar-refractivity contribution in [2.75, 3.05) is 56.2 Å². The monoisotopic (exact) mass is 531 g/mol. The maximum atomic E-state index is 13.6. The van der Waals surface area contributed by atoms with Crippen molar-refractivity contribution in [3.63, 3.8) is 0 Å². The van der Waals surface area contributed by atoms with Gasteiger partial charge in [-0.3, -0.25) is 9.59 Å². The standard InChI is InChI=1S/C31H41N5O3/c1-5-35(6-2)13-12-32-29(37)25-20(4)33-28-23(17-31(27(25)28)10-7-11-31)26-22-16-21(8-9-24(22)34-30(26)38)36-14-15-39-18-19(36)3/h8-9,16,19,33H,5-7,10-15,17-18H2,1-4H3,(H,32,37)(H,34,38)/b26-23-/t19-/m1/s1. The van der Waals surface area contributed by atoms with Gasteiger partial charge in [-0.15, -0.1) is 0 Å². The Balaban J connectivity index is 1.38. The van der Waals surface area contributed by atoms with Crippen LogP contribution in [0.5, 0.6) is 0 Å². The molecule has 39 heavy (non-hydrogen) atoms. The minimum atomic E-state index is -0.0622. The lowest BCUT2D eigenvalue weighted by atomic mass is 9.64. The highest BCUT2D eigenvalue weighted by Gasteiger charge is 2.51. The Morgan fingerprint density at radius 1 is 1.26 bits per heavy atom. The summed E-state index contributed by atoms with van der Waals surface area (Å²) in [5, 5.41) is 6.30. The van der Waals surface area contributed by atoms with Crippen LogP contribution < -0.4 is 15.5 Å². The summed E-state index contributed by atoms with van der Waals surface area (Å²) in [6.07, 6.45) is 4.05. The first-order chi connectivity index (χ1) is 18.9. The highest BCUT2D eigenvalue weighted by atomic mass is 16.5. The second kappa shape index (κ2) is 10.1. The fraction of sp³-hybridized carbons (Fsp3) is 0.548. The molecule has 8 heteroatoms. The number of ether oxygens (including phenoxy) is 1. The van der Waals surface area contributed by atoms with E-state index in [9.17, 15) is 9.59 Å². The van der Waals surface area contributed by atoms with E-state index in [0.29, 0.717) is 19.8 Å². The summed E-state index contributed by atoms with van der Waals surface area (Å²) in [6.45, 7) is 14.1. The molecule has 1 saturated carbocycles. The Hall–Kier alpha value is -3.10. The van der Waals surface area contributed by atoms with E-state index >= 15 is 0 Å². The number of hydrogen-bond acceptors (Lipinski definition) is 5. The molecule has 208 valence electrons. The van der Waals surface area contributed by atoms with Crippen molar-refractivity contribution < 1.29 is 14.3 Å². The van der Waals surface area contributed by atoms with Gasteiger partial charge in [-0.25, -0.2) is 0 Å². The Kier molecular flexibility index (Phi) is 6.79. The lowest BCUT2D eigenvalue weighted by Gasteiger charge is -2.39. The van der Waals surface area contributed by atoms with Crippen molar-refractivity contribution in [2.45, 2.75) is 64.8 Å². The molecule has 8 nitrogen and oxygen atoms in total. The number of likely N-dealkylation sites (N-methyl/N-ethyl adjacent to an activating group) is 1. The molecule has 2 aliphatic heterocycles. The summed E-state index contributed by atoms with van der Waals surface area (Å²) in [4.78, 5) is 35.3. The van der Waals surface area contributed by atoms with Gasteiger partial charge < -0.3 is 30.2 Å². The number of carbonyl (C=O) groups is 2. The van der Waals surface area contributed by atoms with E-state index in [1.807, 2.05) is 13.0 Å². The number of aromatic nitrogens is 1.